The Bertz CT molecular complexity index is 1560. The molecule has 6 rings (SSSR count). The minimum Gasteiger partial charge on any atom is -0.497 e. The topological polar surface area (TPSA) is 128 Å². The van der Waals surface area contributed by atoms with Crippen molar-refractivity contribution in [2.45, 2.75) is 26.3 Å². The van der Waals surface area contributed by atoms with Gasteiger partial charge in [0.2, 0.25) is 17.5 Å². The molecule has 2 aromatic carbocycles. The molecule has 2 fully saturated rings. The number of primary amides is 1. The molecule has 4 heterocycles. The number of hydrogen-bond acceptors (Lipinski definition) is 8. The van der Waals surface area contributed by atoms with Gasteiger partial charge in [-0.05, 0) is 50.1 Å². The van der Waals surface area contributed by atoms with Crippen LogP contribution in [0, 0.1) is 11.3 Å². The van der Waals surface area contributed by atoms with Crippen LogP contribution in [0.3, 0.4) is 0 Å². The van der Waals surface area contributed by atoms with Gasteiger partial charge < -0.3 is 24.8 Å². The smallest absolute Gasteiger partial charge is 0.265 e. The summed E-state index contributed by atoms with van der Waals surface area (Å²) < 4.78 is 16.5. The van der Waals surface area contributed by atoms with Gasteiger partial charge in [-0.1, -0.05) is 6.07 Å². The molecule has 3 N–H and O–H groups in total. The SMILES string of the molecule is COc1ccc(CN[N+]23C=CN=CC2=C(C2CCCN(C(=O)C4(C)COC4)C2)N=C3c2ccc(C(N)=O)cc2)c(OC)c1. The second kappa shape index (κ2) is 11.4. The van der Waals surface area contributed by atoms with Gasteiger partial charge >= 0.3 is 0 Å². The lowest BCUT2D eigenvalue weighted by Gasteiger charge is -2.43. The van der Waals surface area contributed by atoms with Crippen LogP contribution in [0.15, 0.2) is 76.2 Å². The van der Waals surface area contributed by atoms with E-state index in [1.807, 2.05) is 54.6 Å². The molecule has 11 heteroatoms. The van der Waals surface area contributed by atoms with Crippen molar-refractivity contribution in [3.05, 3.63) is 82.9 Å². The van der Waals surface area contributed by atoms with Crippen molar-refractivity contribution in [3.63, 3.8) is 0 Å². The number of fused-ring (bicyclic) bond motifs is 1. The molecule has 2 saturated heterocycles. The molecule has 2 unspecified atom stereocenters. The van der Waals surface area contributed by atoms with E-state index in [-0.39, 0.29) is 16.4 Å². The number of quaternary nitrogens is 1. The molecule has 43 heavy (non-hydrogen) atoms. The molecule has 11 nitrogen and oxygen atoms in total. The molecular weight excluding hydrogens is 548 g/mol. The first-order chi connectivity index (χ1) is 20.8. The fraction of sp³-hybridized carbons (Fsp3) is 0.375. The summed E-state index contributed by atoms with van der Waals surface area (Å²) in [7, 11) is 3.26. The van der Waals surface area contributed by atoms with Gasteiger partial charge in [0.1, 0.15) is 23.4 Å². The zero-order valence-corrected chi connectivity index (χ0v) is 24.7. The molecule has 2 atom stereocenters. The number of aliphatic imine (C=N–C) groups is 2. The molecule has 0 spiro atoms. The van der Waals surface area contributed by atoms with Gasteiger partial charge in [0.05, 0.1) is 57.4 Å². The number of allylic oxidation sites excluding steroid dienone is 1. The number of carbonyl (C=O) groups excluding carboxylic acids is 2. The lowest BCUT2D eigenvalue weighted by Crippen LogP contribution is -2.57. The highest BCUT2D eigenvalue weighted by atomic mass is 16.5. The Morgan fingerprint density at radius 1 is 1.16 bits per heavy atom. The zero-order valence-electron chi connectivity index (χ0n) is 24.7. The fourth-order valence-corrected chi connectivity index (χ4v) is 6.18. The van der Waals surface area contributed by atoms with E-state index in [2.05, 4.69) is 10.4 Å². The predicted octanol–water partition coefficient (Wildman–Crippen LogP) is 3.13. The summed E-state index contributed by atoms with van der Waals surface area (Å²) in [5.41, 5.74) is 12.8. The van der Waals surface area contributed by atoms with Crippen molar-refractivity contribution in [1.82, 2.24) is 10.3 Å². The Labute approximate surface area is 250 Å². The van der Waals surface area contributed by atoms with Crippen molar-refractivity contribution < 1.29 is 28.4 Å². The van der Waals surface area contributed by atoms with Crippen molar-refractivity contribution in [1.29, 1.82) is 0 Å². The summed E-state index contributed by atoms with van der Waals surface area (Å²) >= 11 is 0. The second-order valence-electron chi connectivity index (χ2n) is 11.6. The zero-order chi connectivity index (χ0) is 30.2. The van der Waals surface area contributed by atoms with Crippen LogP contribution in [0.1, 0.15) is 41.3 Å². The molecule has 0 bridgehead atoms. The molecule has 4 aliphatic heterocycles. The normalized spacial score (nSPS) is 23.8. The first-order valence-electron chi connectivity index (χ1n) is 14.4. The van der Waals surface area contributed by atoms with E-state index < -0.39 is 11.3 Å². The number of rotatable bonds is 9. The molecule has 2 amide bonds. The molecule has 224 valence electrons. The standard InChI is InChI=1S/C32H36N6O5/c1-32(19-43-20-32)31(40)37-13-4-5-24(18-37)28-26-17-34-12-14-38(26,30(36-28)22-8-6-21(7-9-22)29(33)39)35-16-23-10-11-25(41-2)15-27(23)42-3/h6-12,14-15,17,24,35H,4-5,13,16,18-20H2,1-3H3,(H-,33,39)/p+1. The third-order valence-corrected chi connectivity index (χ3v) is 8.67. The Kier molecular flexibility index (Phi) is 7.63. The van der Waals surface area contributed by atoms with Gasteiger partial charge in [0.25, 0.3) is 5.84 Å². The number of nitrogens with zero attached hydrogens (tertiary/aromatic N) is 4. The Hall–Kier alpha value is -4.32. The van der Waals surface area contributed by atoms with E-state index in [9.17, 15) is 9.59 Å². The van der Waals surface area contributed by atoms with Gasteiger partial charge in [-0.15, -0.1) is 10.0 Å². The number of ether oxygens (including phenoxy) is 3. The highest BCUT2D eigenvalue weighted by molar-refractivity contribution is 6.01. The van der Waals surface area contributed by atoms with Crippen LogP contribution >= 0.6 is 0 Å². The summed E-state index contributed by atoms with van der Waals surface area (Å²) in [4.78, 5) is 37.0. The monoisotopic (exact) mass is 585 g/mol. The molecule has 0 radical (unpaired) electrons. The number of nitrogens with two attached hydrogens (primary N) is 1. The van der Waals surface area contributed by atoms with Crippen molar-refractivity contribution >= 4 is 23.9 Å². The predicted molar refractivity (Wildman–Crippen MR) is 161 cm³/mol. The third kappa shape index (κ3) is 5.13. The van der Waals surface area contributed by atoms with E-state index in [1.165, 1.54) is 0 Å². The maximum atomic E-state index is 13.4. The average Bonchev–Trinajstić information content (AvgIpc) is 3.37. The number of piperidine rings is 1. The van der Waals surface area contributed by atoms with Gasteiger partial charge in [-0.25, -0.2) is 0 Å². The van der Waals surface area contributed by atoms with E-state index in [4.69, 9.17) is 24.9 Å². The van der Waals surface area contributed by atoms with Gasteiger partial charge in [0, 0.05) is 36.2 Å². The first-order valence-corrected chi connectivity index (χ1v) is 14.4. The Balaban J connectivity index is 1.39. The van der Waals surface area contributed by atoms with E-state index in [1.54, 1.807) is 32.6 Å². The largest absolute Gasteiger partial charge is 0.497 e. The van der Waals surface area contributed by atoms with Crippen LogP contribution < -0.4 is 20.6 Å². The molecule has 0 saturated carbocycles. The van der Waals surface area contributed by atoms with Crippen LogP contribution in [0.5, 0.6) is 11.5 Å². The summed E-state index contributed by atoms with van der Waals surface area (Å²) in [5, 5.41) is 0. The van der Waals surface area contributed by atoms with E-state index in [0.717, 1.165) is 47.7 Å². The summed E-state index contributed by atoms with van der Waals surface area (Å²) in [6, 6.07) is 12.9. The lowest BCUT2D eigenvalue weighted by atomic mass is 9.85. The highest BCUT2D eigenvalue weighted by Crippen LogP contribution is 2.40. The third-order valence-electron chi connectivity index (χ3n) is 8.67. The van der Waals surface area contributed by atoms with E-state index >= 15 is 0 Å². The number of carbonyl (C=O) groups is 2. The van der Waals surface area contributed by atoms with Crippen molar-refractivity contribution in [2.24, 2.45) is 27.1 Å². The first kappa shape index (κ1) is 28.8. The highest BCUT2D eigenvalue weighted by Gasteiger charge is 2.50. The molecule has 0 aromatic heterocycles. The minimum absolute atomic E-state index is 0.0208. The number of nitrogens with one attached hydrogen (secondary N) is 1. The number of methoxy groups -OCH3 is 2. The summed E-state index contributed by atoms with van der Waals surface area (Å²) in [6.45, 7) is 4.64. The summed E-state index contributed by atoms with van der Waals surface area (Å²) in [6.07, 6.45) is 7.36. The van der Waals surface area contributed by atoms with Gasteiger partial charge in [-0.3, -0.25) is 14.6 Å². The summed E-state index contributed by atoms with van der Waals surface area (Å²) in [5.74, 6) is 1.81. The number of likely N-dealkylation sites (tertiary alicyclic amines) is 1. The quantitative estimate of drug-likeness (QED) is 0.436. The second-order valence-corrected chi connectivity index (χ2v) is 11.6. The number of amidine groups is 1. The molecular formula is C32H37N6O5+. The molecule has 4 aliphatic rings. The van der Waals surface area contributed by atoms with Gasteiger partial charge in [-0.2, -0.15) is 4.99 Å². The molecule has 0 aliphatic carbocycles. The van der Waals surface area contributed by atoms with Crippen molar-refractivity contribution in [3.8, 4) is 11.5 Å². The number of benzene rings is 2. The number of amides is 2. The van der Waals surface area contributed by atoms with E-state index in [0.29, 0.717) is 43.4 Å². The van der Waals surface area contributed by atoms with Crippen LogP contribution in [0.25, 0.3) is 0 Å². The maximum Gasteiger partial charge on any atom is 0.265 e. The molecule has 2 aromatic rings. The lowest BCUT2D eigenvalue weighted by molar-refractivity contribution is -0.791. The van der Waals surface area contributed by atoms with Crippen LogP contribution in [-0.2, 0) is 16.1 Å². The Morgan fingerprint density at radius 3 is 2.63 bits per heavy atom. The number of hydrogen-bond donors (Lipinski definition) is 2. The Morgan fingerprint density at radius 2 is 1.95 bits per heavy atom. The maximum absolute atomic E-state index is 13.4. The van der Waals surface area contributed by atoms with Crippen molar-refractivity contribution in [2.75, 3.05) is 40.5 Å². The van der Waals surface area contributed by atoms with Gasteiger partial charge in [0.15, 0.2) is 0 Å². The average molecular weight is 586 g/mol. The van der Waals surface area contributed by atoms with Crippen LogP contribution in [0.4, 0.5) is 0 Å². The van der Waals surface area contributed by atoms with Crippen LogP contribution in [0.2, 0.25) is 0 Å². The minimum atomic E-state index is -0.490. The van der Waals surface area contributed by atoms with Crippen LogP contribution in [-0.4, -0.2) is 73.9 Å². The fourth-order valence-electron chi connectivity index (χ4n) is 6.18.